The van der Waals surface area contributed by atoms with E-state index in [-0.39, 0.29) is 23.9 Å². The molecule has 0 aromatic carbocycles. The van der Waals surface area contributed by atoms with Crippen LogP contribution in [0.3, 0.4) is 0 Å². The van der Waals surface area contributed by atoms with Crippen molar-refractivity contribution in [2.24, 2.45) is 0 Å². The minimum atomic E-state index is -1.00. The van der Waals surface area contributed by atoms with Crippen LogP contribution in [-0.2, 0) is 14.4 Å². The number of carboxylic acid groups (broad SMARTS) is 1. The molecule has 0 spiro atoms. The van der Waals surface area contributed by atoms with Gasteiger partial charge in [-0.3, -0.25) is 14.5 Å². The molecule has 0 aromatic rings. The molecule has 5 nitrogen and oxygen atoms in total. The number of hydrogen-bond donors (Lipinski definition) is 1. The van der Waals surface area contributed by atoms with Crippen molar-refractivity contribution >= 4 is 17.8 Å². The van der Waals surface area contributed by atoms with Crippen LogP contribution in [-0.4, -0.2) is 34.3 Å². The zero-order chi connectivity index (χ0) is 12.1. The minimum absolute atomic E-state index is 0.0765. The maximum atomic E-state index is 11.4. The van der Waals surface area contributed by atoms with Gasteiger partial charge in [-0.1, -0.05) is 13.0 Å². The van der Waals surface area contributed by atoms with Gasteiger partial charge >= 0.3 is 5.97 Å². The molecule has 88 valence electrons. The average Bonchev–Trinajstić information content (AvgIpc) is 2.22. The molecule has 0 aliphatic carbocycles. The van der Waals surface area contributed by atoms with Gasteiger partial charge in [0.2, 0.25) is 11.8 Å². The summed E-state index contributed by atoms with van der Waals surface area (Å²) in [7, 11) is 0. The third-order valence-corrected chi connectivity index (χ3v) is 2.56. The molecule has 0 aromatic heterocycles. The van der Waals surface area contributed by atoms with E-state index in [0.717, 1.165) is 4.90 Å². The highest BCUT2D eigenvalue weighted by molar-refractivity contribution is 5.97. The molecular weight excluding hydrogens is 210 g/mol. The highest BCUT2D eigenvalue weighted by Crippen LogP contribution is 2.12. The summed E-state index contributed by atoms with van der Waals surface area (Å²) in [6, 6.07) is 0. The van der Waals surface area contributed by atoms with Crippen molar-refractivity contribution in [1.29, 1.82) is 0 Å². The maximum absolute atomic E-state index is 11.4. The summed E-state index contributed by atoms with van der Waals surface area (Å²) in [6.45, 7) is 1.80. The van der Waals surface area contributed by atoms with Gasteiger partial charge in [-0.15, -0.1) is 0 Å². The van der Waals surface area contributed by atoms with Crippen LogP contribution in [0.25, 0.3) is 0 Å². The lowest BCUT2D eigenvalue weighted by Gasteiger charge is -2.23. The second-order valence-electron chi connectivity index (χ2n) is 3.64. The first-order valence-electron chi connectivity index (χ1n) is 5.31. The van der Waals surface area contributed by atoms with E-state index in [0.29, 0.717) is 25.7 Å². The summed E-state index contributed by atoms with van der Waals surface area (Å²) >= 11 is 0. The molecular formula is C11H15NO4. The zero-order valence-corrected chi connectivity index (χ0v) is 9.23. The minimum Gasteiger partial charge on any atom is -0.478 e. The standard InChI is InChI=1S/C11H15NO4/c1-2-8(11(15)16)6-7-12-9(13)4-3-5-10(12)14/h6H,2-5,7H2,1H3,(H,15,16). The molecule has 2 amide bonds. The first-order chi connectivity index (χ1) is 7.56. The van der Waals surface area contributed by atoms with Gasteiger partial charge in [-0.05, 0) is 12.8 Å². The van der Waals surface area contributed by atoms with E-state index in [1.165, 1.54) is 6.08 Å². The lowest BCUT2D eigenvalue weighted by atomic mass is 10.1. The molecule has 5 heteroatoms. The lowest BCUT2D eigenvalue weighted by Crippen LogP contribution is -2.40. The van der Waals surface area contributed by atoms with Gasteiger partial charge in [-0.25, -0.2) is 4.79 Å². The molecule has 1 fully saturated rings. The van der Waals surface area contributed by atoms with Crippen molar-refractivity contribution in [1.82, 2.24) is 4.90 Å². The fraction of sp³-hybridized carbons (Fsp3) is 0.545. The third kappa shape index (κ3) is 2.92. The normalized spacial score (nSPS) is 17.8. The Balaban J connectivity index is 2.68. The average molecular weight is 225 g/mol. The third-order valence-electron chi connectivity index (χ3n) is 2.56. The number of nitrogens with zero attached hydrogens (tertiary/aromatic N) is 1. The van der Waals surface area contributed by atoms with Gasteiger partial charge in [0.15, 0.2) is 0 Å². The predicted molar refractivity (Wildman–Crippen MR) is 56.6 cm³/mol. The Morgan fingerprint density at radius 2 is 1.94 bits per heavy atom. The molecule has 0 atom stereocenters. The Hall–Kier alpha value is -1.65. The lowest BCUT2D eigenvalue weighted by molar-refractivity contribution is -0.147. The number of carbonyl (C=O) groups excluding carboxylic acids is 2. The molecule has 1 N–H and O–H groups in total. The summed E-state index contributed by atoms with van der Waals surface area (Å²) in [5, 5.41) is 8.78. The fourth-order valence-corrected chi connectivity index (χ4v) is 1.59. The van der Waals surface area contributed by atoms with Crippen LogP contribution in [0.1, 0.15) is 32.6 Å². The Bertz CT molecular complexity index is 330. The van der Waals surface area contributed by atoms with Gasteiger partial charge in [0.25, 0.3) is 0 Å². The molecule has 1 aliphatic heterocycles. The number of likely N-dealkylation sites (tertiary alicyclic amines) is 1. The summed E-state index contributed by atoms with van der Waals surface area (Å²) in [5.41, 5.74) is 0.228. The first kappa shape index (κ1) is 12.4. The second-order valence-corrected chi connectivity index (χ2v) is 3.64. The number of piperidine rings is 1. The van der Waals surface area contributed by atoms with Crippen molar-refractivity contribution in [3.05, 3.63) is 11.6 Å². The summed E-state index contributed by atoms with van der Waals surface area (Å²) in [4.78, 5) is 34.6. The van der Waals surface area contributed by atoms with Gasteiger partial charge in [0, 0.05) is 25.0 Å². The van der Waals surface area contributed by atoms with E-state index < -0.39 is 5.97 Å². The molecule has 1 aliphatic rings. The second kappa shape index (κ2) is 5.44. The van der Waals surface area contributed by atoms with Crippen LogP contribution in [0.5, 0.6) is 0 Å². The van der Waals surface area contributed by atoms with Crippen LogP contribution in [0.2, 0.25) is 0 Å². The van der Waals surface area contributed by atoms with Gasteiger partial charge in [0.1, 0.15) is 0 Å². The van der Waals surface area contributed by atoms with Crippen LogP contribution in [0, 0.1) is 0 Å². The van der Waals surface area contributed by atoms with Gasteiger partial charge < -0.3 is 5.11 Å². The highest BCUT2D eigenvalue weighted by Gasteiger charge is 2.24. The molecule has 0 unspecified atom stereocenters. The number of carboxylic acids is 1. The van der Waals surface area contributed by atoms with Crippen LogP contribution >= 0.6 is 0 Å². The Morgan fingerprint density at radius 3 is 2.38 bits per heavy atom. The van der Waals surface area contributed by atoms with E-state index in [1.807, 2.05) is 0 Å². The predicted octanol–water partition coefficient (Wildman–Crippen LogP) is 0.946. The molecule has 1 saturated heterocycles. The summed E-state index contributed by atoms with van der Waals surface area (Å²) in [5.74, 6) is -1.43. The smallest absolute Gasteiger partial charge is 0.331 e. The van der Waals surface area contributed by atoms with Crippen LogP contribution in [0.15, 0.2) is 11.6 Å². The van der Waals surface area contributed by atoms with E-state index in [1.54, 1.807) is 6.92 Å². The number of hydrogen-bond acceptors (Lipinski definition) is 3. The first-order valence-corrected chi connectivity index (χ1v) is 5.31. The quantitative estimate of drug-likeness (QED) is 0.571. The molecule has 0 saturated carbocycles. The molecule has 16 heavy (non-hydrogen) atoms. The van der Waals surface area contributed by atoms with Crippen LogP contribution < -0.4 is 0 Å². The molecule has 0 radical (unpaired) electrons. The van der Waals surface area contributed by atoms with E-state index >= 15 is 0 Å². The number of imide groups is 1. The van der Waals surface area contributed by atoms with Crippen molar-refractivity contribution in [3.8, 4) is 0 Å². The number of amides is 2. The maximum Gasteiger partial charge on any atom is 0.331 e. The largest absolute Gasteiger partial charge is 0.478 e. The number of aliphatic carboxylic acids is 1. The summed E-state index contributed by atoms with van der Waals surface area (Å²) in [6.07, 6.45) is 3.15. The van der Waals surface area contributed by atoms with Gasteiger partial charge in [-0.2, -0.15) is 0 Å². The summed E-state index contributed by atoms with van der Waals surface area (Å²) < 4.78 is 0. The fourth-order valence-electron chi connectivity index (χ4n) is 1.59. The van der Waals surface area contributed by atoms with E-state index in [2.05, 4.69) is 0 Å². The number of rotatable bonds is 4. The Labute approximate surface area is 93.7 Å². The SMILES string of the molecule is CCC(=CCN1C(=O)CCCC1=O)C(=O)O. The van der Waals surface area contributed by atoms with Crippen molar-refractivity contribution in [2.75, 3.05) is 6.54 Å². The monoisotopic (exact) mass is 225 g/mol. The van der Waals surface area contributed by atoms with E-state index in [9.17, 15) is 14.4 Å². The van der Waals surface area contributed by atoms with Gasteiger partial charge in [0.05, 0.1) is 0 Å². The Morgan fingerprint density at radius 1 is 1.38 bits per heavy atom. The Kier molecular flexibility index (Phi) is 4.22. The van der Waals surface area contributed by atoms with E-state index in [4.69, 9.17) is 5.11 Å². The molecule has 1 heterocycles. The molecule has 1 rings (SSSR count). The zero-order valence-electron chi connectivity index (χ0n) is 9.23. The highest BCUT2D eigenvalue weighted by atomic mass is 16.4. The van der Waals surface area contributed by atoms with Crippen LogP contribution in [0.4, 0.5) is 0 Å². The topological polar surface area (TPSA) is 74.7 Å². The van der Waals surface area contributed by atoms with Crippen molar-refractivity contribution in [2.45, 2.75) is 32.6 Å². The van der Waals surface area contributed by atoms with Crippen molar-refractivity contribution < 1.29 is 19.5 Å². The van der Waals surface area contributed by atoms with Crippen molar-refractivity contribution in [3.63, 3.8) is 0 Å². The molecule has 0 bridgehead atoms. The number of carbonyl (C=O) groups is 3.